The third-order valence-electron chi connectivity index (χ3n) is 3.72. The van der Waals surface area contributed by atoms with E-state index in [1.165, 1.54) is 11.0 Å². The van der Waals surface area contributed by atoms with Crippen LogP contribution in [0.4, 0.5) is 8.78 Å². The van der Waals surface area contributed by atoms with Crippen LogP contribution >= 0.6 is 12.2 Å². The van der Waals surface area contributed by atoms with Gasteiger partial charge < -0.3 is 25.0 Å². The summed E-state index contributed by atoms with van der Waals surface area (Å²) in [5.41, 5.74) is 1.75. The summed E-state index contributed by atoms with van der Waals surface area (Å²) >= 11 is 5.20. The molecular formula is C17H21F2N3O3S. The topological polar surface area (TPSA) is 62.8 Å². The molecule has 1 aliphatic heterocycles. The summed E-state index contributed by atoms with van der Waals surface area (Å²) in [4.78, 5) is 14.1. The van der Waals surface area contributed by atoms with Crippen LogP contribution in [0, 0.1) is 0 Å². The average molecular weight is 385 g/mol. The van der Waals surface area contributed by atoms with Crippen molar-refractivity contribution in [2.24, 2.45) is 0 Å². The van der Waals surface area contributed by atoms with Crippen LogP contribution in [0.25, 0.3) is 0 Å². The van der Waals surface area contributed by atoms with E-state index in [4.69, 9.17) is 17.0 Å². The Kier molecular flexibility index (Phi) is 6.36. The summed E-state index contributed by atoms with van der Waals surface area (Å²) < 4.78 is 35.1. The molecule has 26 heavy (non-hydrogen) atoms. The first-order chi connectivity index (χ1) is 12.2. The lowest BCUT2D eigenvalue weighted by Gasteiger charge is -2.32. The quantitative estimate of drug-likeness (QED) is 0.734. The van der Waals surface area contributed by atoms with Gasteiger partial charge in [0, 0.05) is 19.8 Å². The van der Waals surface area contributed by atoms with Gasteiger partial charge in [-0.2, -0.15) is 8.78 Å². The molecule has 0 unspecified atom stereocenters. The third kappa shape index (κ3) is 4.40. The van der Waals surface area contributed by atoms with Gasteiger partial charge in [0.25, 0.3) is 5.91 Å². The van der Waals surface area contributed by atoms with Crippen LogP contribution in [0.5, 0.6) is 11.5 Å². The standard InChI is InChI=1S/C17H21F2N3O3S/c1-5-24-12-8-10(6-7-11(12)25-16(18)19)14-13(15(23)22(3)4)9(2)20-17(26)21-14/h6-8,14,16H,5H2,1-4H3,(H2,20,21,26)/t14-/m0/s1. The zero-order valence-electron chi connectivity index (χ0n) is 14.9. The number of ether oxygens (including phenoxy) is 2. The molecule has 0 saturated carbocycles. The molecule has 0 aromatic heterocycles. The Morgan fingerprint density at radius 1 is 1.35 bits per heavy atom. The van der Waals surface area contributed by atoms with E-state index in [1.807, 2.05) is 0 Å². The Labute approximate surface area is 156 Å². The number of amides is 1. The van der Waals surface area contributed by atoms with Crippen LogP contribution in [-0.2, 0) is 4.79 Å². The maximum Gasteiger partial charge on any atom is 0.387 e. The summed E-state index contributed by atoms with van der Waals surface area (Å²) in [6.07, 6.45) is 0. The van der Waals surface area contributed by atoms with Gasteiger partial charge in [0.15, 0.2) is 16.6 Å². The Balaban J connectivity index is 2.49. The van der Waals surface area contributed by atoms with Gasteiger partial charge >= 0.3 is 6.61 Å². The predicted octanol–water partition coefficient (Wildman–Crippen LogP) is 2.57. The van der Waals surface area contributed by atoms with Crippen molar-refractivity contribution < 1.29 is 23.0 Å². The van der Waals surface area contributed by atoms with Gasteiger partial charge in [-0.25, -0.2) is 0 Å². The molecule has 0 fully saturated rings. The molecule has 0 bridgehead atoms. The van der Waals surface area contributed by atoms with Gasteiger partial charge in [-0.05, 0) is 43.8 Å². The lowest BCUT2D eigenvalue weighted by molar-refractivity contribution is -0.125. The minimum absolute atomic E-state index is 0.0664. The van der Waals surface area contributed by atoms with Crippen molar-refractivity contribution in [3.05, 3.63) is 35.0 Å². The summed E-state index contributed by atoms with van der Waals surface area (Å²) in [6.45, 7) is 0.813. The van der Waals surface area contributed by atoms with E-state index in [2.05, 4.69) is 15.4 Å². The van der Waals surface area contributed by atoms with E-state index in [1.54, 1.807) is 40.1 Å². The number of carbonyl (C=O) groups excluding carboxylic acids is 1. The SMILES string of the molecule is CCOc1cc([C@@H]2NC(=S)NC(C)=C2C(=O)N(C)C)ccc1OC(F)F. The predicted molar refractivity (Wildman–Crippen MR) is 97.2 cm³/mol. The van der Waals surface area contributed by atoms with Gasteiger partial charge in [0.1, 0.15) is 0 Å². The molecule has 1 amide bonds. The fourth-order valence-electron chi connectivity index (χ4n) is 2.63. The Morgan fingerprint density at radius 2 is 2.04 bits per heavy atom. The van der Waals surface area contributed by atoms with Crippen LogP contribution in [-0.4, -0.2) is 43.2 Å². The second-order valence-corrected chi connectivity index (χ2v) is 6.20. The number of hydrogen-bond donors (Lipinski definition) is 2. The highest BCUT2D eigenvalue weighted by atomic mass is 32.1. The molecule has 1 aliphatic rings. The summed E-state index contributed by atoms with van der Waals surface area (Å²) in [7, 11) is 3.30. The van der Waals surface area contributed by atoms with E-state index < -0.39 is 12.7 Å². The highest BCUT2D eigenvalue weighted by Gasteiger charge is 2.31. The molecule has 9 heteroatoms. The number of hydrogen-bond acceptors (Lipinski definition) is 4. The number of rotatable bonds is 6. The zero-order valence-corrected chi connectivity index (χ0v) is 15.7. The van der Waals surface area contributed by atoms with Crippen LogP contribution in [0.15, 0.2) is 29.5 Å². The second kappa shape index (κ2) is 8.31. The maximum atomic E-state index is 12.6. The smallest absolute Gasteiger partial charge is 0.387 e. The number of nitrogens with one attached hydrogen (secondary N) is 2. The van der Waals surface area contributed by atoms with E-state index in [0.29, 0.717) is 21.9 Å². The highest BCUT2D eigenvalue weighted by Crippen LogP contribution is 2.35. The van der Waals surface area contributed by atoms with Crippen molar-refractivity contribution in [3.63, 3.8) is 0 Å². The fraction of sp³-hybridized carbons (Fsp3) is 0.412. The summed E-state index contributed by atoms with van der Waals surface area (Å²) in [5.74, 6) is -0.0879. The van der Waals surface area contributed by atoms with Crippen molar-refractivity contribution >= 4 is 23.2 Å². The Morgan fingerprint density at radius 3 is 2.62 bits per heavy atom. The molecule has 2 N–H and O–H groups in total. The van der Waals surface area contributed by atoms with Gasteiger partial charge in [-0.15, -0.1) is 0 Å². The zero-order chi connectivity index (χ0) is 19.4. The monoisotopic (exact) mass is 385 g/mol. The lowest BCUT2D eigenvalue weighted by Crippen LogP contribution is -2.46. The van der Waals surface area contributed by atoms with Crippen molar-refractivity contribution in [1.82, 2.24) is 15.5 Å². The second-order valence-electron chi connectivity index (χ2n) is 5.79. The van der Waals surface area contributed by atoms with Gasteiger partial charge in [-0.3, -0.25) is 4.79 Å². The van der Waals surface area contributed by atoms with Crippen molar-refractivity contribution in [1.29, 1.82) is 0 Å². The van der Waals surface area contributed by atoms with Crippen LogP contribution in [0.1, 0.15) is 25.5 Å². The number of alkyl halides is 2. The summed E-state index contributed by atoms with van der Waals surface area (Å²) in [5, 5.41) is 6.36. The Hall–Kier alpha value is -2.42. The van der Waals surface area contributed by atoms with Crippen LogP contribution in [0.2, 0.25) is 0 Å². The number of nitrogens with zero attached hydrogens (tertiary/aromatic N) is 1. The molecule has 1 heterocycles. The summed E-state index contributed by atoms with van der Waals surface area (Å²) in [6, 6.07) is 4.02. The molecule has 0 spiro atoms. The Bertz CT molecular complexity index is 738. The van der Waals surface area contributed by atoms with Gasteiger partial charge in [0.05, 0.1) is 18.2 Å². The first-order valence-corrected chi connectivity index (χ1v) is 8.36. The van der Waals surface area contributed by atoms with E-state index >= 15 is 0 Å². The van der Waals surface area contributed by atoms with E-state index in [0.717, 1.165) is 0 Å². The van der Waals surface area contributed by atoms with Crippen LogP contribution < -0.4 is 20.1 Å². The van der Waals surface area contributed by atoms with E-state index in [-0.39, 0.29) is 24.0 Å². The first-order valence-electron chi connectivity index (χ1n) is 7.96. The fourth-order valence-corrected chi connectivity index (χ4v) is 2.91. The largest absolute Gasteiger partial charge is 0.490 e. The molecule has 1 atom stereocenters. The number of carbonyl (C=O) groups is 1. The number of allylic oxidation sites excluding steroid dienone is 1. The van der Waals surface area contributed by atoms with Gasteiger partial charge in [-0.1, -0.05) is 6.07 Å². The molecule has 0 radical (unpaired) electrons. The minimum Gasteiger partial charge on any atom is -0.490 e. The van der Waals surface area contributed by atoms with Crippen molar-refractivity contribution in [3.8, 4) is 11.5 Å². The van der Waals surface area contributed by atoms with Crippen LogP contribution in [0.3, 0.4) is 0 Å². The molecule has 0 saturated heterocycles. The molecule has 0 aliphatic carbocycles. The van der Waals surface area contributed by atoms with E-state index in [9.17, 15) is 13.6 Å². The van der Waals surface area contributed by atoms with Crippen molar-refractivity contribution in [2.45, 2.75) is 26.5 Å². The number of halogens is 2. The lowest BCUT2D eigenvalue weighted by atomic mass is 9.94. The normalized spacial score (nSPS) is 16.9. The first kappa shape index (κ1) is 19.9. The molecule has 1 aromatic carbocycles. The number of thiocarbonyl (C=S) groups is 1. The highest BCUT2D eigenvalue weighted by molar-refractivity contribution is 7.80. The number of likely N-dealkylation sites (N-methyl/N-ethyl adjacent to an activating group) is 1. The number of benzene rings is 1. The third-order valence-corrected chi connectivity index (χ3v) is 3.94. The molecule has 1 aromatic rings. The maximum absolute atomic E-state index is 12.6. The molecule has 2 rings (SSSR count). The molecule has 6 nitrogen and oxygen atoms in total. The average Bonchev–Trinajstić information content (AvgIpc) is 2.55. The molecular weight excluding hydrogens is 364 g/mol. The van der Waals surface area contributed by atoms with Gasteiger partial charge in [0.2, 0.25) is 0 Å². The minimum atomic E-state index is -2.96. The molecule has 142 valence electrons. The van der Waals surface area contributed by atoms with Crippen molar-refractivity contribution in [2.75, 3.05) is 20.7 Å².